The van der Waals surface area contributed by atoms with E-state index in [0.717, 1.165) is 38.8 Å². The number of nitrogens with zero attached hydrogens (tertiary/aromatic N) is 4. The van der Waals surface area contributed by atoms with Crippen LogP contribution in [0.15, 0.2) is 24.5 Å². The van der Waals surface area contributed by atoms with Gasteiger partial charge in [0.2, 0.25) is 5.91 Å². The topological polar surface area (TPSA) is 51.0 Å². The number of carbonyl (C=O) groups is 1. The highest BCUT2D eigenvalue weighted by Gasteiger charge is 2.32. The molecule has 2 heterocycles. The van der Waals surface area contributed by atoms with Crippen LogP contribution in [0.4, 0.5) is 0 Å². The Labute approximate surface area is 106 Å². The molecule has 1 aromatic rings. The first-order chi connectivity index (χ1) is 8.84. The van der Waals surface area contributed by atoms with Crippen LogP contribution in [0.1, 0.15) is 31.7 Å². The molecule has 0 spiro atoms. The van der Waals surface area contributed by atoms with E-state index in [0.29, 0.717) is 5.91 Å². The molecule has 0 bridgehead atoms. The zero-order chi connectivity index (χ0) is 12.4. The molecule has 3 rings (SSSR count). The third-order valence-electron chi connectivity index (χ3n) is 3.86. The number of hydrogen-bond acceptors (Lipinski definition) is 3. The van der Waals surface area contributed by atoms with Crippen molar-refractivity contribution in [2.45, 2.75) is 31.7 Å². The highest BCUT2D eigenvalue weighted by atomic mass is 16.2. The van der Waals surface area contributed by atoms with Crippen LogP contribution in [0.25, 0.3) is 0 Å². The van der Waals surface area contributed by atoms with Crippen molar-refractivity contribution >= 4 is 5.91 Å². The van der Waals surface area contributed by atoms with Crippen molar-refractivity contribution in [3.05, 3.63) is 24.5 Å². The van der Waals surface area contributed by atoms with E-state index in [-0.39, 0.29) is 12.0 Å². The van der Waals surface area contributed by atoms with E-state index in [1.54, 1.807) is 17.2 Å². The molecule has 1 aliphatic heterocycles. The minimum atomic E-state index is 0.194. The second-order valence-electron chi connectivity index (χ2n) is 5.06. The second kappa shape index (κ2) is 4.92. The van der Waals surface area contributed by atoms with E-state index >= 15 is 0 Å². The van der Waals surface area contributed by atoms with Crippen LogP contribution in [0.5, 0.6) is 0 Å². The molecule has 0 saturated carbocycles. The molecular weight excluding hydrogens is 228 g/mol. The van der Waals surface area contributed by atoms with Crippen LogP contribution >= 0.6 is 0 Å². The molecule has 5 heteroatoms. The van der Waals surface area contributed by atoms with Crippen molar-refractivity contribution in [1.29, 1.82) is 0 Å². The Morgan fingerprint density at radius 1 is 1.17 bits per heavy atom. The Kier molecular flexibility index (Phi) is 3.13. The molecule has 1 aromatic heterocycles. The predicted molar refractivity (Wildman–Crippen MR) is 66.7 cm³/mol. The molecule has 2 aliphatic rings. The highest BCUT2D eigenvalue weighted by Crippen LogP contribution is 2.26. The Balaban J connectivity index is 1.61. The van der Waals surface area contributed by atoms with E-state index in [1.165, 1.54) is 0 Å². The summed E-state index contributed by atoms with van der Waals surface area (Å²) in [4.78, 5) is 16.1. The minimum absolute atomic E-state index is 0.194. The number of carbonyl (C=O) groups excluding carboxylic acids is 1. The molecule has 2 atom stereocenters. The maximum Gasteiger partial charge on any atom is 0.226 e. The SMILES string of the molecule is O=C([C@@H]1CC=CCC1)N1CC[C@H](n2nccn2)C1. The third-order valence-corrected chi connectivity index (χ3v) is 3.86. The Morgan fingerprint density at radius 2 is 2.00 bits per heavy atom. The highest BCUT2D eigenvalue weighted by molar-refractivity contribution is 5.79. The summed E-state index contributed by atoms with van der Waals surface area (Å²) >= 11 is 0. The molecule has 1 amide bonds. The van der Waals surface area contributed by atoms with E-state index in [2.05, 4.69) is 22.3 Å². The standard InChI is InChI=1S/C13H18N4O/c18-13(11-4-2-1-3-5-11)16-9-6-12(10-16)17-14-7-8-15-17/h1-2,7-8,11-12H,3-6,9-10H2/t11-,12+/m1/s1. The average molecular weight is 246 g/mol. The third kappa shape index (κ3) is 2.17. The van der Waals surface area contributed by atoms with Crippen LogP contribution in [-0.2, 0) is 4.79 Å². The van der Waals surface area contributed by atoms with Crippen LogP contribution in [0, 0.1) is 5.92 Å². The number of hydrogen-bond donors (Lipinski definition) is 0. The largest absolute Gasteiger partial charge is 0.340 e. The Hall–Kier alpha value is -1.65. The number of likely N-dealkylation sites (tertiary alicyclic amines) is 1. The van der Waals surface area contributed by atoms with E-state index in [1.807, 2.05) is 4.90 Å². The van der Waals surface area contributed by atoms with E-state index in [9.17, 15) is 4.79 Å². The lowest BCUT2D eigenvalue weighted by Crippen LogP contribution is -2.35. The van der Waals surface area contributed by atoms with Crippen molar-refractivity contribution in [3.8, 4) is 0 Å². The number of amides is 1. The van der Waals surface area contributed by atoms with Gasteiger partial charge in [0.05, 0.1) is 18.4 Å². The number of allylic oxidation sites excluding steroid dienone is 2. The summed E-state index contributed by atoms with van der Waals surface area (Å²) < 4.78 is 0. The van der Waals surface area contributed by atoms with E-state index < -0.39 is 0 Å². The van der Waals surface area contributed by atoms with Crippen molar-refractivity contribution in [2.75, 3.05) is 13.1 Å². The summed E-state index contributed by atoms with van der Waals surface area (Å²) in [6, 6.07) is 0.253. The monoisotopic (exact) mass is 246 g/mol. The van der Waals surface area contributed by atoms with Crippen molar-refractivity contribution < 1.29 is 4.79 Å². The van der Waals surface area contributed by atoms with Gasteiger partial charge in [-0.25, -0.2) is 0 Å². The molecule has 0 radical (unpaired) electrons. The van der Waals surface area contributed by atoms with Gasteiger partial charge in [0.25, 0.3) is 0 Å². The minimum Gasteiger partial charge on any atom is -0.340 e. The molecule has 96 valence electrons. The maximum absolute atomic E-state index is 12.4. The zero-order valence-electron chi connectivity index (χ0n) is 10.4. The molecular formula is C13H18N4O. The van der Waals surface area contributed by atoms with Gasteiger partial charge in [-0.1, -0.05) is 12.2 Å². The summed E-state index contributed by atoms with van der Waals surface area (Å²) in [7, 11) is 0. The second-order valence-corrected chi connectivity index (χ2v) is 5.06. The fraction of sp³-hybridized carbons (Fsp3) is 0.615. The molecule has 1 aliphatic carbocycles. The molecule has 18 heavy (non-hydrogen) atoms. The lowest BCUT2D eigenvalue weighted by molar-refractivity contribution is -0.134. The molecule has 5 nitrogen and oxygen atoms in total. The van der Waals surface area contributed by atoms with Gasteiger partial charge in [0, 0.05) is 19.0 Å². The van der Waals surface area contributed by atoms with Crippen molar-refractivity contribution in [2.24, 2.45) is 5.92 Å². The summed E-state index contributed by atoms with van der Waals surface area (Å²) in [6.07, 6.45) is 11.6. The van der Waals surface area contributed by atoms with Gasteiger partial charge in [0.1, 0.15) is 0 Å². The molecule has 0 unspecified atom stereocenters. The van der Waals surface area contributed by atoms with Gasteiger partial charge in [-0.2, -0.15) is 15.0 Å². The average Bonchev–Trinajstić information content (AvgIpc) is 3.09. The number of aromatic nitrogens is 3. The summed E-state index contributed by atoms with van der Waals surface area (Å²) in [5.74, 6) is 0.508. The zero-order valence-corrected chi connectivity index (χ0v) is 10.4. The van der Waals surface area contributed by atoms with Crippen LogP contribution < -0.4 is 0 Å². The van der Waals surface area contributed by atoms with Crippen molar-refractivity contribution in [1.82, 2.24) is 19.9 Å². The summed E-state index contributed by atoms with van der Waals surface area (Å²) in [5.41, 5.74) is 0. The Morgan fingerprint density at radius 3 is 2.72 bits per heavy atom. The van der Waals surface area contributed by atoms with Gasteiger partial charge < -0.3 is 4.90 Å². The van der Waals surface area contributed by atoms with Gasteiger partial charge in [0.15, 0.2) is 0 Å². The first-order valence-electron chi connectivity index (χ1n) is 6.64. The summed E-state index contributed by atoms with van der Waals surface area (Å²) in [5, 5.41) is 8.32. The van der Waals surface area contributed by atoms with E-state index in [4.69, 9.17) is 0 Å². The van der Waals surface area contributed by atoms with Gasteiger partial charge >= 0.3 is 0 Å². The quantitative estimate of drug-likeness (QED) is 0.741. The molecule has 1 fully saturated rings. The summed E-state index contributed by atoms with van der Waals surface area (Å²) in [6.45, 7) is 1.60. The lowest BCUT2D eigenvalue weighted by atomic mass is 9.93. The predicted octanol–water partition coefficient (Wildman–Crippen LogP) is 1.41. The fourth-order valence-corrected chi connectivity index (χ4v) is 2.82. The lowest BCUT2D eigenvalue weighted by Gasteiger charge is -2.24. The number of rotatable bonds is 2. The van der Waals surface area contributed by atoms with Gasteiger partial charge in [-0.05, 0) is 25.7 Å². The van der Waals surface area contributed by atoms with Gasteiger partial charge in [-0.3, -0.25) is 4.79 Å². The Bertz CT molecular complexity index is 440. The van der Waals surface area contributed by atoms with Gasteiger partial charge in [-0.15, -0.1) is 0 Å². The molecule has 1 saturated heterocycles. The normalized spacial score (nSPS) is 27.7. The van der Waals surface area contributed by atoms with Crippen LogP contribution in [0.3, 0.4) is 0 Å². The van der Waals surface area contributed by atoms with Crippen LogP contribution in [-0.4, -0.2) is 38.9 Å². The fourth-order valence-electron chi connectivity index (χ4n) is 2.82. The van der Waals surface area contributed by atoms with Crippen molar-refractivity contribution in [3.63, 3.8) is 0 Å². The molecule has 0 N–H and O–H groups in total. The smallest absolute Gasteiger partial charge is 0.226 e. The molecule has 0 aromatic carbocycles. The first kappa shape index (κ1) is 11.4. The maximum atomic E-state index is 12.4. The van der Waals surface area contributed by atoms with Crippen LogP contribution in [0.2, 0.25) is 0 Å². The first-order valence-corrected chi connectivity index (χ1v) is 6.64.